The van der Waals surface area contributed by atoms with Crippen molar-refractivity contribution in [3.05, 3.63) is 28.7 Å². The molecule has 1 aromatic rings. The zero-order valence-electron chi connectivity index (χ0n) is 10.4. The van der Waals surface area contributed by atoms with Gasteiger partial charge in [0.1, 0.15) is 5.75 Å². The molecule has 1 amide bonds. The maximum atomic E-state index is 11.5. The minimum atomic E-state index is -0.153. The van der Waals surface area contributed by atoms with Crippen molar-refractivity contribution in [3.8, 4) is 5.75 Å². The first-order valence-corrected chi connectivity index (χ1v) is 6.67. The van der Waals surface area contributed by atoms with E-state index in [1.165, 1.54) is 0 Å². The third-order valence-corrected chi connectivity index (χ3v) is 2.93. The van der Waals surface area contributed by atoms with E-state index in [0.29, 0.717) is 18.7 Å². The maximum Gasteiger partial charge on any atom is 0.257 e. The van der Waals surface area contributed by atoms with E-state index in [-0.39, 0.29) is 25.0 Å². The van der Waals surface area contributed by atoms with E-state index < -0.39 is 0 Å². The van der Waals surface area contributed by atoms with Crippen LogP contribution < -0.4 is 10.1 Å². The van der Waals surface area contributed by atoms with Crippen LogP contribution in [0.5, 0.6) is 5.75 Å². The van der Waals surface area contributed by atoms with Crippen molar-refractivity contribution < 1.29 is 14.6 Å². The average Bonchev–Trinajstić information content (AvgIpc) is 2.34. The average molecular weight is 316 g/mol. The van der Waals surface area contributed by atoms with Crippen LogP contribution in [0.4, 0.5) is 0 Å². The zero-order valence-corrected chi connectivity index (χ0v) is 11.9. The number of aliphatic hydroxyl groups excluding tert-OH is 1. The third kappa shape index (κ3) is 6.02. The highest BCUT2D eigenvalue weighted by atomic mass is 79.9. The highest BCUT2D eigenvalue weighted by Gasteiger charge is 2.06. The number of benzene rings is 1. The molecule has 5 heteroatoms. The fourth-order valence-corrected chi connectivity index (χ4v) is 1.75. The van der Waals surface area contributed by atoms with Crippen LogP contribution in [0.25, 0.3) is 0 Å². The Kier molecular flexibility index (Phi) is 6.75. The van der Waals surface area contributed by atoms with Crippen molar-refractivity contribution >= 4 is 21.8 Å². The van der Waals surface area contributed by atoms with Crippen LogP contribution in [0.1, 0.15) is 13.3 Å². The first kappa shape index (κ1) is 15.0. The molecule has 4 nitrogen and oxygen atoms in total. The topological polar surface area (TPSA) is 58.6 Å². The molecule has 0 saturated heterocycles. The van der Waals surface area contributed by atoms with E-state index in [2.05, 4.69) is 21.2 Å². The Hall–Kier alpha value is -1.07. The Morgan fingerprint density at radius 2 is 2.33 bits per heavy atom. The van der Waals surface area contributed by atoms with E-state index in [0.717, 1.165) is 4.47 Å². The van der Waals surface area contributed by atoms with E-state index in [1.54, 1.807) is 6.07 Å². The van der Waals surface area contributed by atoms with Gasteiger partial charge in [0.25, 0.3) is 5.91 Å². The van der Waals surface area contributed by atoms with Crippen molar-refractivity contribution in [2.24, 2.45) is 5.92 Å². The van der Waals surface area contributed by atoms with Crippen molar-refractivity contribution in [2.75, 3.05) is 19.8 Å². The molecule has 1 atom stereocenters. The predicted molar refractivity (Wildman–Crippen MR) is 73.5 cm³/mol. The van der Waals surface area contributed by atoms with Crippen LogP contribution in [0.2, 0.25) is 0 Å². The second-order valence-electron chi connectivity index (χ2n) is 4.17. The number of rotatable bonds is 7. The number of aliphatic hydroxyl groups is 1. The van der Waals surface area contributed by atoms with Crippen LogP contribution in [-0.2, 0) is 4.79 Å². The molecule has 0 bridgehead atoms. The lowest BCUT2D eigenvalue weighted by molar-refractivity contribution is -0.123. The molecule has 1 rings (SSSR count). The minimum Gasteiger partial charge on any atom is -0.484 e. The zero-order chi connectivity index (χ0) is 13.4. The Labute approximate surface area is 115 Å². The van der Waals surface area contributed by atoms with Gasteiger partial charge in [-0.1, -0.05) is 28.9 Å². The lowest BCUT2D eigenvalue weighted by Gasteiger charge is -2.11. The number of carbonyl (C=O) groups is 1. The second-order valence-corrected chi connectivity index (χ2v) is 5.08. The normalized spacial score (nSPS) is 11.9. The summed E-state index contributed by atoms with van der Waals surface area (Å²) in [6.07, 6.45) is 0.687. The van der Waals surface area contributed by atoms with Gasteiger partial charge in [-0.05, 0) is 30.5 Å². The van der Waals surface area contributed by atoms with Crippen molar-refractivity contribution in [1.82, 2.24) is 5.32 Å². The SMILES string of the molecule is CC(CCO)CNC(=O)COc1cccc(Br)c1. The van der Waals surface area contributed by atoms with Gasteiger partial charge in [0.2, 0.25) is 0 Å². The molecule has 2 N–H and O–H groups in total. The largest absolute Gasteiger partial charge is 0.484 e. The summed E-state index contributed by atoms with van der Waals surface area (Å²) in [6.45, 7) is 2.68. The number of hydrogen-bond donors (Lipinski definition) is 2. The minimum absolute atomic E-state index is 0.00228. The number of hydrogen-bond acceptors (Lipinski definition) is 3. The summed E-state index contributed by atoms with van der Waals surface area (Å²) in [4.78, 5) is 11.5. The molecule has 100 valence electrons. The molecule has 0 aliphatic carbocycles. The summed E-state index contributed by atoms with van der Waals surface area (Å²) < 4.78 is 6.26. The summed E-state index contributed by atoms with van der Waals surface area (Å²) in [5, 5.41) is 11.5. The highest BCUT2D eigenvalue weighted by Crippen LogP contribution is 2.17. The van der Waals surface area contributed by atoms with E-state index >= 15 is 0 Å². The molecule has 0 aliphatic rings. The van der Waals surface area contributed by atoms with Crippen LogP contribution in [0.15, 0.2) is 28.7 Å². The summed E-state index contributed by atoms with van der Waals surface area (Å²) in [6, 6.07) is 7.35. The molecule has 1 unspecified atom stereocenters. The smallest absolute Gasteiger partial charge is 0.257 e. The lowest BCUT2D eigenvalue weighted by Crippen LogP contribution is -2.32. The number of amides is 1. The first-order chi connectivity index (χ1) is 8.61. The van der Waals surface area contributed by atoms with Gasteiger partial charge in [0, 0.05) is 17.6 Å². The summed E-state index contributed by atoms with van der Waals surface area (Å²) in [7, 11) is 0. The van der Waals surface area contributed by atoms with Crippen molar-refractivity contribution in [3.63, 3.8) is 0 Å². The van der Waals surface area contributed by atoms with Gasteiger partial charge in [-0.15, -0.1) is 0 Å². The Morgan fingerprint density at radius 1 is 1.56 bits per heavy atom. The predicted octanol–water partition coefficient (Wildman–Crippen LogP) is 1.96. The van der Waals surface area contributed by atoms with Gasteiger partial charge < -0.3 is 15.2 Å². The summed E-state index contributed by atoms with van der Waals surface area (Å²) in [5.41, 5.74) is 0. The Balaban J connectivity index is 2.25. The number of ether oxygens (including phenoxy) is 1. The second kappa shape index (κ2) is 8.11. The van der Waals surface area contributed by atoms with Crippen LogP contribution in [-0.4, -0.2) is 30.8 Å². The standard InChI is InChI=1S/C13H18BrNO3/c1-10(5-6-16)8-15-13(17)9-18-12-4-2-3-11(14)7-12/h2-4,7,10,16H,5-6,8-9H2,1H3,(H,15,17). The molecule has 1 aromatic carbocycles. The van der Waals surface area contributed by atoms with E-state index in [4.69, 9.17) is 9.84 Å². The molecule has 0 aliphatic heterocycles. The molecule has 0 fully saturated rings. The lowest BCUT2D eigenvalue weighted by atomic mass is 10.1. The molecular weight excluding hydrogens is 298 g/mol. The highest BCUT2D eigenvalue weighted by molar-refractivity contribution is 9.10. The first-order valence-electron chi connectivity index (χ1n) is 5.87. The molecule has 0 heterocycles. The van der Waals surface area contributed by atoms with Gasteiger partial charge in [0.15, 0.2) is 6.61 Å². The molecular formula is C13H18BrNO3. The van der Waals surface area contributed by atoms with Crippen molar-refractivity contribution in [1.29, 1.82) is 0 Å². The molecule has 0 aromatic heterocycles. The molecule has 18 heavy (non-hydrogen) atoms. The van der Waals surface area contributed by atoms with Gasteiger partial charge in [-0.2, -0.15) is 0 Å². The fraction of sp³-hybridized carbons (Fsp3) is 0.462. The molecule has 0 saturated carbocycles. The van der Waals surface area contributed by atoms with Gasteiger partial charge in [-0.3, -0.25) is 4.79 Å². The Morgan fingerprint density at radius 3 is 3.00 bits per heavy atom. The number of carbonyl (C=O) groups excluding carboxylic acids is 1. The van der Waals surface area contributed by atoms with Gasteiger partial charge in [-0.25, -0.2) is 0 Å². The van der Waals surface area contributed by atoms with Crippen LogP contribution in [0, 0.1) is 5.92 Å². The maximum absolute atomic E-state index is 11.5. The summed E-state index contributed by atoms with van der Waals surface area (Å²) in [5.74, 6) is 0.771. The van der Waals surface area contributed by atoms with Gasteiger partial charge >= 0.3 is 0 Å². The van der Waals surface area contributed by atoms with E-state index in [1.807, 2.05) is 25.1 Å². The number of nitrogens with one attached hydrogen (secondary N) is 1. The van der Waals surface area contributed by atoms with Crippen LogP contribution >= 0.6 is 15.9 Å². The van der Waals surface area contributed by atoms with Crippen LogP contribution in [0.3, 0.4) is 0 Å². The van der Waals surface area contributed by atoms with Crippen molar-refractivity contribution in [2.45, 2.75) is 13.3 Å². The fourth-order valence-electron chi connectivity index (χ4n) is 1.37. The molecule has 0 radical (unpaired) electrons. The summed E-state index contributed by atoms with van der Waals surface area (Å²) >= 11 is 3.33. The third-order valence-electron chi connectivity index (χ3n) is 2.44. The van der Waals surface area contributed by atoms with Gasteiger partial charge in [0.05, 0.1) is 0 Å². The molecule has 0 spiro atoms. The van der Waals surface area contributed by atoms with E-state index in [9.17, 15) is 4.79 Å². The quantitative estimate of drug-likeness (QED) is 0.808. The Bertz CT molecular complexity index is 384. The number of halogens is 1. The monoisotopic (exact) mass is 315 g/mol.